The third-order valence-electron chi connectivity index (χ3n) is 4.61. The maximum absolute atomic E-state index is 4.76. The van der Waals surface area contributed by atoms with Gasteiger partial charge < -0.3 is 9.88 Å². The highest BCUT2D eigenvalue weighted by molar-refractivity contribution is 5.75. The van der Waals surface area contributed by atoms with Crippen molar-refractivity contribution in [3.8, 4) is 0 Å². The fourth-order valence-corrected chi connectivity index (χ4v) is 3.17. The maximum atomic E-state index is 4.76. The number of fused-ring (bicyclic) bond motifs is 1. The molecule has 1 aliphatic rings. The highest BCUT2D eigenvalue weighted by Gasteiger charge is 2.21. The lowest BCUT2D eigenvalue weighted by Gasteiger charge is -2.29. The minimum atomic E-state index is 0.800. The third kappa shape index (κ3) is 2.52. The van der Waals surface area contributed by atoms with Crippen LogP contribution in [0.2, 0.25) is 0 Å². The molecular weight excluding hydrogens is 234 g/mol. The van der Waals surface area contributed by atoms with Crippen LogP contribution in [0.4, 0.5) is 0 Å². The summed E-state index contributed by atoms with van der Waals surface area (Å²) in [6, 6.07) is 8.40. The average Bonchev–Trinajstić information content (AvgIpc) is 2.75. The van der Waals surface area contributed by atoms with E-state index in [9.17, 15) is 0 Å². The van der Waals surface area contributed by atoms with Crippen molar-refractivity contribution in [2.75, 3.05) is 13.1 Å². The van der Waals surface area contributed by atoms with Crippen LogP contribution in [0.3, 0.4) is 0 Å². The van der Waals surface area contributed by atoms with Crippen LogP contribution in [0.25, 0.3) is 11.0 Å². The van der Waals surface area contributed by atoms with E-state index in [0.29, 0.717) is 0 Å². The summed E-state index contributed by atoms with van der Waals surface area (Å²) in [4.78, 5) is 4.76. The van der Waals surface area contributed by atoms with Gasteiger partial charge in [0.15, 0.2) is 0 Å². The van der Waals surface area contributed by atoms with Gasteiger partial charge in [-0.05, 0) is 49.9 Å². The Morgan fingerprint density at radius 1 is 1.37 bits per heavy atom. The van der Waals surface area contributed by atoms with Crippen molar-refractivity contribution in [2.45, 2.75) is 26.2 Å². The molecule has 19 heavy (non-hydrogen) atoms. The fraction of sp³-hybridized carbons (Fsp3) is 0.562. The monoisotopic (exact) mass is 257 g/mol. The average molecular weight is 257 g/mol. The Labute approximate surface area is 115 Å². The van der Waals surface area contributed by atoms with Crippen molar-refractivity contribution in [1.29, 1.82) is 0 Å². The molecule has 0 radical (unpaired) electrons. The standard InChI is InChI=1S/C16H23N3/c1-12-9-10-17-11-13(12)7-8-16-18-14-5-3-4-6-15(14)19(16)2/h3-6,12-13,17H,7-11H2,1-2H3. The number of hydrogen-bond donors (Lipinski definition) is 1. The molecule has 2 aromatic rings. The Morgan fingerprint density at radius 3 is 3.00 bits per heavy atom. The smallest absolute Gasteiger partial charge is 0.109 e. The van der Waals surface area contributed by atoms with E-state index in [1.807, 2.05) is 0 Å². The summed E-state index contributed by atoms with van der Waals surface area (Å²) in [5.41, 5.74) is 2.36. The molecule has 2 atom stereocenters. The van der Waals surface area contributed by atoms with Crippen LogP contribution >= 0.6 is 0 Å². The van der Waals surface area contributed by atoms with Gasteiger partial charge in [-0.2, -0.15) is 0 Å². The van der Waals surface area contributed by atoms with Crippen LogP contribution in [0.15, 0.2) is 24.3 Å². The first-order chi connectivity index (χ1) is 9.25. The van der Waals surface area contributed by atoms with E-state index in [4.69, 9.17) is 4.98 Å². The van der Waals surface area contributed by atoms with Crippen LogP contribution in [-0.4, -0.2) is 22.6 Å². The number of piperidine rings is 1. The van der Waals surface area contributed by atoms with Crippen molar-refractivity contribution >= 4 is 11.0 Å². The van der Waals surface area contributed by atoms with E-state index in [1.54, 1.807) is 0 Å². The summed E-state index contributed by atoms with van der Waals surface area (Å²) < 4.78 is 2.25. The molecule has 0 bridgehead atoms. The van der Waals surface area contributed by atoms with Crippen LogP contribution in [0, 0.1) is 11.8 Å². The normalized spacial score (nSPS) is 23.9. The lowest BCUT2D eigenvalue weighted by molar-refractivity contribution is 0.258. The van der Waals surface area contributed by atoms with E-state index in [-0.39, 0.29) is 0 Å². The molecule has 1 N–H and O–H groups in total. The summed E-state index contributed by atoms with van der Waals surface area (Å²) in [5, 5.41) is 3.52. The van der Waals surface area contributed by atoms with E-state index in [2.05, 4.69) is 48.1 Å². The topological polar surface area (TPSA) is 29.9 Å². The molecule has 0 spiro atoms. The third-order valence-corrected chi connectivity index (χ3v) is 4.61. The fourth-order valence-electron chi connectivity index (χ4n) is 3.17. The summed E-state index contributed by atoms with van der Waals surface area (Å²) >= 11 is 0. The van der Waals surface area contributed by atoms with Gasteiger partial charge in [-0.25, -0.2) is 4.98 Å². The van der Waals surface area contributed by atoms with E-state index < -0.39 is 0 Å². The quantitative estimate of drug-likeness (QED) is 0.916. The van der Waals surface area contributed by atoms with Gasteiger partial charge in [0.05, 0.1) is 11.0 Å². The second-order valence-electron chi connectivity index (χ2n) is 5.84. The first-order valence-corrected chi connectivity index (χ1v) is 7.37. The Kier molecular flexibility index (Phi) is 3.56. The minimum absolute atomic E-state index is 0.800. The number of imidazole rings is 1. The van der Waals surface area contributed by atoms with Crippen molar-refractivity contribution in [2.24, 2.45) is 18.9 Å². The molecule has 0 aliphatic carbocycles. The van der Waals surface area contributed by atoms with Gasteiger partial charge in [-0.1, -0.05) is 19.1 Å². The Morgan fingerprint density at radius 2 is 2.21 bits per heavy atom. The molecule has 1 saturated heterocycles. The largest absolute Gasteiger partial charge is 0.331 e. The van der Waals surface area contributed by atoms with Crippen molar-refractivity contribution in [1.82, 2.24) is 14.9 Å². The number of para-hydroxylation sites is 2. The van der Waals surface area contributed by atoms with Crippen molar-refractivity contribution in [3.63, 3.8) is 0 Å². The number of nitrogens with one attached hydrogen (secondary N) is 1. The van der Waals surface area contributed by atoms with Gasteiger partial charge in [-0.15, -0.1) is 0 Å². The first-order valence-electron chi connectivity index (χ1n) is 7.37. The van der Waals surface area contributed by atoms with Crippen LogP contribution in [-0.2, 0) is 13.5 Å². The van der Waals surface area contributed by atoms with Crippen LogP contribution in [0.1, 0.15) is 25.6 Å². The zero-order valence-electron chi connectivity index (χ0n) is 11.9. The van der Waals surface area contributed by atoms with E-state index in [1.165, 1.54) is 37.3 Å². The molecule has 0 amide bonds. The second kappa shape index (κ2) is 5.33. The molecule has 0 saturated carbocycles. The predicted molar refractivity (Wildman–Crippen MR) is 79.2 cm³/mol. The Balaban J connectivity index is 1.73. The molecule has 3 rings (SSSR count). The van der Waals surface area contributed by atoms with Crippen molar-refractivity contribution in [3.05, 3.63) is 30.1 Å². The lowest BCUT2D eigenvalue weighted by Crippen LogP contribution is -2.35. The predicted octanol–water partition coefficient (Wildman–Crippen LogP) is 2.75. The molecule has 102 valence electrons. The SMILES string of the molecule is CC1CCNCC1CCc1nc2ccccc2n1C. The molecule has 1 fully saturated rings. The minimum Gasteiger partial charge on any atom is -0.331 e. The van der Waals surface area contributed by atoms with Gasteiger partial charge in [-0.3, -0.25) is 0 Å². The molecule has 1 aromatic heterocycles. The molecule has 3 nitrogen and oxygen atoms in total. The zero-order valence-corrected chi connectivity index (χ0v) is 11.9. The number of aromatic nitrogens is 2. The van der Waals surface area contributed by atoms with Crippen molar-refractivity contribution < 1.29 is 0 Å². The van der Waals surface area contributed by atoms with Gasteiger partial charge in [0.25, 0.3) is 0 Å². The molecule has 3 heteroatoms. The van der Waals surface area contributed by atoms with E-state index in [0.717, 1.165) is 23.8 Å². The van der Waals surface area contributed by atoms with E-state index >= 15 is 0 Å². The molecule has 2 heterocycles. The number of rotatable bonds is 3. The molecule has 1 aromatic carbocycles. The summed E-state index contributed by atoms with van der Waals surface area (Å²) in [6.07, 6.45) is 3.64. The summed E-state index contributed by atoms with van der Waals surface area (Å²) in [7, 11) is 2.13. The maximum Gasteiger partial charge on any atom is 0.109 e. The number of nitrogens with zero attached hydrogens (tertiary/aromatic N) is 2. The highest BCUT2D eigenvalue weighted by Crippen LogP contribution is 2.24. The van der Waals surface area contributed by atoms with Crippen LogP contribution in [0.5, 0.6) is 0 Å². The first kappa shape index (κ1) is 12.7. The van der Waals surface area contributed by atoms with Gasteiger partial charge in [0.1, 0.15) is 5.82 Å². The lowest BCUT2D eigenvalue weighted by atomic mass is 9.85. The summed E-state index contributed by atoms with van der Waals surface area (Å²) in [6.45, 7) is 4.75. The zero-order chi connectivity index (χ0) is 13.2. The Bertz CT molecular complexity index is 558. The van der Waals surface area contributed by atoms with Gasteiger partial charge in [0, 0.05) is 13.5 Å². The van der Waals surface area contributed by atoms with Crippen LogP contribution < -0.4 is 5.32 Å². The number of benzene rings is 1. The molecule has 2 unspecified atom stereocenters. The number of aryl methyl sites for hydroxylation is 2. The second-order valence-corrected chi connectivity index (χ2v) is 5.84. The Hall–Kier alpha value is -1.35. The molecular formula is C16H23N3. The van der Waals surface area contributed by atoms with Gasteiger partial charge in [0.2, 0.25) is 0 Å². The number of hydrogen-bond acceptors (Lipinski definition) is 2. The highest BCUT2D eigenvalue weighted by atomic mass is 15.1. The van der Waals surface area contributed by atoms with Gasteiger partial charge >= 0.3 is 0 Å². The summed E-state index contributed by atoms with van der Waals surface area (Å²) in [5.74, 6) is 2.86. The molecule has 1 aliphatic heterocycles.